The van der Waals surface area contributed by atoms with Gasteiger partial charge in [-0.2, -0.15) is 0 Å². The Morgan fingerprint density at radius 1 is 1.31 bits per heavy atom. The van der Waals surface area contributed by atoms with Crippen molar-refractivity contribution in [2.24, 2.45) is 23.5 Å². The average molecular weight is 250 g/mol. The third-order valence-electron chi connectivity index (χ3n) is 3.69. The van der Waals surface area contributed by atoms with Gasteiger partial charge >= 0.3 is 11.9 Å². The molecule has 0 saturated heterocycles. The topological polar surface area (TPSA) is 78.6 Å². The number of carbonyl (C=O) groups is 2. The molecule has 0 bridgehead atoms. The number of methoxy groups -OCH3 is 2. The van der Waals surface area contributed by atoms with Crippen molar-refractivity contribution in [1.82, 2.24) is 0 Å². The number of hydrogen-bond acceptors (Lipinski definition) is 5. The van der Waals surface area contributed by atoms with Crippen molar-refractivity contribution in [3.05, 3.63) is 0 Å². The first kappa shape index (κ1) is 13.3. The summed E-state index contributed by atoms with van der Waals surface area (Å²) in [5, 5.41) is 0. The summed E-state index contributed by atoms with van der Waals surface area (Å²) in [6.45, 7) is 0. The molecule has 0 unspecified atom stereocenters. The monoisotopic (exact) mass is 249 g/mol. The van der Waals surface area contributed by atoms with Crippen LogP contribution in [-0.2, 0) is 19.1 Å². The largest absolute Gasteiger partial charge is 0.469 e. The maximum Gasteiger partial charge on any atom is 0.326 e. The van der Waals surface area contributed by atoms with Crippen LogP contribution >= 0.6 is 12.4 Å². The molecule has 0 amide bonds. The van der Waals surface area contributed by atoms with Gasteiger partial charge in [0.15, 0.2) is 0 Å². The summed E-state index contributed by atoms with van der Waals surface area (Å²) in [6.07, 6.45) is 1.40. The molecule has 0 spiro atoms. The second-order valence-electron chi connectivity index (χ2n) is 4.31. The van der Waals surface area contributed by atoms with Gasteiger partial charge in [0.1, 0.15) is 5.54 Å². The minimum absolute atomic E-state index is 0. The summed E-state index contributed by atoms with van der Waals surface area (Å²) in [5.41, 5.74) is 5.02. The zero-order chi connectivity index (χ0) is 11.2. The summed E-state index contributed by atoms with van der Waals surface area (Å²) in [4.78, 5) is 22.9. The van der Waals surface area contributed by atoms with E-state index in [1.807, 2.05) is 0 Å². The number of fused-ring (bicyclic) bond motifs is 1. The van der Waals surface area contributed by atoms with Crippen LogP contribution in [0.2, 0.25) is 0 Å². The standard InChI is InChI=1S/C10H15NO4.ClH/c1-14-8(12)6-5-3-4-10(11,7(5)6)9(13)15-2;/h5-7H,3-4,11H2,1-2H3;1H/t5-,6-,7-,10-;/m0./s1. The van der Waals surface area contributed by atoms with Crippen LogP contribution in [0.25, 0.3) is 0 Å². The number of nitrogens with two attached hydrogens (primary N) is 1. The highest BCUT2D eigenvalue weighted by Crippen LogP contribution is 2.61. The Kier molecular flexibility index (Phi) is 3.50. The number of halogens is 1. The van der Waals surface area contributed by atoms with Crippen molar-refractivity contribution in [2.75, 3.05) is 14.2 Å². The molecule has 0 aromatic heterocycles. The summed E-state index contributed by atoms with van der Waals surface area (Å²) in [5.74, 6) is -0.753. The van der Waals surface area contributed by atoms with E-state index in [1.165, 1.54) is 14.2 Å². The van der Waals surface area contributed by atoms with E-state index in [0.29, 0.717) is 6.42 Å². The van der Waals surface area contributed by atoms with E-state index in [4.69, 9.17) is 5.73 Å². The lowest BCUT2D eigenvalue weighted by Gasteiger charge is -2.23. The maximum absolute atomic E-state index is 11.5. The molecule has 0 radical (unpaired) electrons. The number of carbonyl (C=O) groups excluding carboxylic acids is 2. The Balaban J connectivity index is 0.00000128. The van der Waals surface area contributed by atoms with Gasteiger partial charge in [-0.15, -0.1) is 12.4 Å². The van der Waals surface area contributed by atoms with Gasteiger partial charge in [-0.3, -0.25) is 9.59 Å². The lowest BCUT2D eigenvalue weighted by atomic mass is 9.92. The first-order chi connectivity index (χ1) is 7.06. The van der Waals surface area contributed by atoms with Gasteiger partial charge in [0.2, 0.25) is 0 Å². The average Bonchev–Trinajstić information content (AvgIpc) is 2.89. The lowest BCUT2D eigenvalue weighted by molar-refractivity contribution is -0.149. The molecule has 2 N–H and O–H groups in total. The zero-order valence-electron chi connectivity index (χ0n) is 9.26. The van der Waals surface area contributed by atoms with E-state index in [0.717, 1.165) is 6.42 Å². The highest BCUT2D eigenvalue weighted by atomic mass is 35.5. The van der Waals surface area contributed by atoms with Gasteiger partial charge < -0.3 is 15.2 Å². The fraction of sp³-hybridized carbons (Fsp3) is 0.800. The predicted octanol–water partition coefficient (Wildman–Crippen LogP) is 0.108. The summed E-state index contributed by atoms with van der Waals surface area (Å²) >= 11 is 0. The predicted molar refractivity (Wildman–Crippen MR) is 57.9 cm³/mol. The molecule has 0 heterocycles. The van der Waals surface area contributed by atoms with Crippen LogP contribution in [0.1, 0.15) is 12.8 Å². The Morgan fingerprint density at radius 3 is 2.44 bits per heavy atom. The van der Waals surface area contributed by atoms with Crippen LogP contribution in [0, 0.1) is 17.8 Å². The number of esters is 2. The molecule has 2 aliphatic rings. The molecule has 2 aliphatic carbocycles. The molecule has 2 fully saturated rings. The third kappa shape index (κ3) is 1.58. The molecule has 92 valence electrons. The van der Waals surface area contributed by atoms with Crippen LogP contribution in [0.3, 0.4) is 0 Å². The van der Waals surface area contributed by atoms with E-state index >= 15 is 0 Å². The van der Waals surface area contributed by atoms with Gasteiger partial charge in [0.25, 0.3) is 0 Å². The molecular weight excluding hydrogens is 234 g/mol. The van der Waals surface area contributed by atoms with E-state index in [9.17, 15) is 9.59 Å². The fourth-order valence-electron chi connectivity index (χ4n) is 2.89. The molecule has 4 atom stereocenters. The minimum Gasteiger partial charge on any atom is -0.469 e. The smallest absolute Gasteiger partial charge is 0.326 e. The highest BCUT2D eigenvalue weighted by molar-refractivity contribution is 5.86. The summed E-state index contributed by atoms with van der Waals surface area (Å²) in [7, 11) is 2.67. The Labute approximate surface area is 100 Å². The van der Waals surface area contributed by atoms with Crippen LogP contribution < -0.4 is 5.73 Å². The second kappa shape index (κ2) is 4.22. The first-order valence-electron chi connectivity index (χ1n) is 5.01. The van der Waals surface area contributed by atoms with Crippen molar-refractivity contribution in [3.63, 3.8) is 0 Å². The summed E-state index contributed by atoms with van der Waals surface area (Å²) < 4.78 is 9.35. The Morgan fingerprint density at radius 2 is 1.94 bits per heavy atom. The lowest BCUT2D eigenvalue weighted by Crippen LogP contribution is -2.50. The molecule has 16 heavy (non-hydrogen) atoms. The van der Waals surface area contributed by atoms with Crippen molar-refractivity contribution < 1.29 is 19.1 Å². The molecule has 0 aromatic carbocycles. The number of hydrogen-bond donors (Lipinski definition) is 1. The van der Waals surface area contributed by atoms with Crippen LogP contribution in [0.15, 0.2) is 0 Å². The highest BCUT2D eigenvalue weighted by Gasteiger charge is 2.70. The molecule has 0 aliphatic heterocycles. The third-order valence-corrected chi connectivity index (χ3v) is 3.69. The molecule has 2 saturated carbocycles. The van der Waals surface area contributed by atoms with E-state index < -0.39 is 11.5 Å². The van der Waals surface area contributed by atoms with Crippen LogP contribution in [-0.4, -0.2) is 31.7 Å². The number of rotatable bonds is 2. The molecule has 6 heteroatoms. The fourth-order valence-corrected chi connectivity index (χ4v) is 2.89. The van der Waals surface area contributed by atoms with Gasteiger partial charge in [-0.25, -0.2) is 0 Å². The van der Waals surface area contributed by atoms with Gasteiger partial charge in [-0.1, -0.05) is 0 Å². The molecular formula is C10H16ClNO4. The Hall–Kier alpha value is -0.810. The van der Waals surface area contributed by atoms with Crippen LogP contribution in [0.4, 0.5) is 0 Å². The van der Waals surface area contributed by atoms with Gasteiger partial charge in [0.05, 0.1) is 20.1 Å². The number of ether oxygens (including phenoxy) is 2. The van der Waals surface area contributed by atoms with Crippen molar-refractivity contribution in [1.29, 1.82) is 0 Å². The van der Waals surface area contributed by atoms with Crippen molar-refractivity contribution >= 4 is 24.3 Å². The van der Waals surface area contributed by atoms with E-state index in [1.54, 1.807) is 0 Å². The van der Waals surface area contributed by atoms with Crippen molar-refractivity contribution in [2.45, 2.75) is 18.4 Å². The molecule has 2 rings (SSSR count). The second-order valence-corrected chi connectivity index (χ2v) is 4.31. The van der Waals surface area contributed by atoms with Gasteiger partial charge in [0, 0.05) is 5.92 Å². The summed E-state index contributed by atoms with van der Waals surface area (Å²) in [6, 6.07) is 0. The van der Waals surface area contributed by atoms with E-state index in [2.05, 4.69) is 9.47 Å². The van der Waals surface area contributed by atoms with Crippen LogP contribution in [0.5, 0.6) is 0 Å². The SMILES string of the molecule is COC(=O)[C@H]1[C@@H]2CC[C@@](N)(C(=O)OC)[C@@H]21.Cl. The normalized spacial score (nSPS) is 39.3. The zero-order valence-corrected chi connectivity index (χ0v) is 10.1. The van der Waals surface area contributed by atoms with Gasteiger partial charge in [-0.05, 0) is 18.8 Å². The minimum atomic E-state index is -0.974. The molecule has 0 aromatic rings. The quantitative estimate of drug-likeness (QED) is 0.703. The molecule has 5 nitrogen and oxygen atoms in total. The van der Waals surface area contributed by atoms with Crippen molar-refractivity contribution in [3.8, 4) is 0 Å². The first-order valence-corrected chi connectivity index (χ1v) is 5.01. The maximum atomic E-state index is 11.5. The Bertz CT molecular complexity index is 322. The van der Waals surface area contributed by atoms with E-state index in [-0.39, 0.29) is 36.1 Å².